The minimum atomic E-state index is -0.203. The molecule has 1 amide bonds. The Labute approximate surface area is 150 Å². The summed E-state index contributed by atoms with van der Waals surface area (Å²) in [6, 6.07) is 10.7. The molecule has 1 aromatic carbocycles. The molecule has 3 rings (SSSR count). The average molecular weight is 357 g/mol. The van der Waals surface area contributed by atoms with Gasteiger partial charge in [0.25, 0.3) is 5.91 Å². The number of nitrogens with one attached hydrogen (secondary N) is 1. The quantitative estimate of drug-likeness (QED) is 0.737. The van der Waals surface area contributed by atoms with E-state index in [-0.39, 0.29) is 12.5 Å². The number of halogens is 1. The fourth-order valence-corrected chi connectivity index (χ4v) is 2.31. The number of carbonyl (C=O) groups is 1. The second-order valence-corrected chi connectivity index (χ2v) is 5.91. The van der Waals surface area contributed by atoms with Gasteiger partial charge in [-0.25, -0.2) is 0 Å². The van der Waals surface area contributed by atoms with Crippen LogP contribution in [0.2, 0.25) is 5.02 Å². The highest BCUT2D eigenvalue weighted by molar-refractivity contribution is 6.30. The van der Waals surface area contributed by atoms with Gasteiger partial charge in [-0.1, -0.05) is 17.7 Å². The summed E-state index contributed by atoms with van der Waals surface area (Å²) in [5.74, 6) is 0.397. The van der Waals surface area contributed by atoms with Gasteiger partial charge in [0.15, 0.2) is 6.61 Å². The van der Waals surface area contributed by atoms with Crippen LogP contribution in [0.1, 0.15) is 5.56 Å². The lowest BCUT2D eigenvalue weighted by Crippen LogP contribution is -2.28. The minimum absolute atomic E-state index is 0.0527. The first kappa shape index (κ1) is 17.0. The van der Waals surface area contributed by atoms with Crippen molar-refractivity contribution in [1.82, 2.24) is 20.1 Å². The largest absolute Gasteiger partial charge is 0.484 e. The Morgan fingerprint density at radius 2 is 2.00 bits per heavy atom. The highest BCUT2D eigenvalue weighted by atomic mass is 35.5. The summed E-state index contributed by atoms with van der Waals surface area (Å²) in [5, 5.41) is 7.55. The molecule has 3 aromatic rings. The molecular formula is C18H17ClN4O2. The lowest BCUT2D eigenvalue weighted by atomic mass is 10.2. The molecule has 0 unspecified atom stereocenters. The highest BCUT2D eigenvalue weighted by Gasteiger charge is 2.05. The van der Waals surface area contributed by atoms with Gasteiger partial charge in [0.2, 0.25) is 0 Å². The number of rotatable bonds is 6. The molecule has 0 bridgehead atoms. The molecule has 2 aromatic heterocycles. The normalized spacial score (nSPS) is 10.5. The van der Waals surface area contributed by atoms with Crippen LogP contribution in [0.5, 0.6) is 5.75 Å². The molecule has 2 heterocycles. The summed E-state index contributed by atoms with van der Waals surface area (Å²) in [7, 11) is 1.86. The molecule has 0 aliphatic rings. The monoisotopic (exact) mass is 356 g/mol. The van der Waals surface area contributed by atoms with Gasteiger partial charge in [-0.15, -0.1) is 0 Å². The highest BCUT2D eigenvalue weighted by Crippen LogP contribution is 2.16. The molecule has 0 saturated carbocycles. The van der Waals surface area contributed by atoms with Crippen molar-refractivity contribution in [3.8, 4) is 17.0 Å². The van der Waals surface area contributed by atoms with Crippen LogP contribution in [0.15, 0.2) is 55.0 Å². The minimum Gasteiger partial charge on any atom is -0.484 e. The van der Waals surface area contributed by atoms with Crippen molar-refractivity contribution < 1.29 is 9.53 Å². The topological polar surface area (TPSA) is 69.0 Å². The van der Waals surface area contributed by atoms with E-state index in [1.54, 1.807) is 41.3 Å². The standard InChI is InChI=1S/C18H17ClN4O2/c1-23-11-14(10-22-23)17-7-2-13(8-20-17)9-21-18(24)12-25-16-5-3-15(19)4-6-16/h2-8,10-11H,9,12H2,1H3,(H,21,24). The van der Waals surface area contributed by atoms with Crippen LogP contribution >= 0.6 is 11.6 Å². The van der Waals surface area contributed by atoms with Gasteiger partial charge < -0.3 is 10.1 Å². The molecule has 0 saturated heterocycles. The SMILES string of the molecule is Cn1cc(-c2ccc(CNC(=O)COc3ccc(Cl)cc3)cn2)cn1. The van der Waals surface area contributed by atoms with Crippen molar-refractivity contribution in [3.63, 3.8) is 0 Å². The van der Waals surface area contributed by atoms with Gasteiger partial charge in [0.1, 0.15) is 5.75 Å². The number of nitrogens with zero attached hydrogens (tertiary/aromatic N) is 3. The summed E-state index contributed by atoms with van der Waals surface area (Å²) in [6.07, 6.45) is 5.40. The molecule has 0 spiro atoms. The van der Waals surface area contributed by atoms with Gasteiger partial charge in [0, 0.05) is 36.6 Å². The molecule has 1 N–H and O–H groups in total. The molecule has 128 valence electrons. The summed E-state index contributed by atoms with van der Waals surface area (Å²) >= 11 is 5.80. The second-order valence-electron chi connectivity index (χ2n) is 5.47. The molecule has 0 aliphatic carbocycles. The molecule has 0 fully saturated rings. The Morgan fingerprint density at radius 1 is 1.20 bits per heavy atom. The first-order valence-corrected chi connectivity index (χ1v) is 8.07. The van der Waals surface area contributed by atoms with E-state index in [2.05, 4.69) is 15.4 Å². The number of aromatic nitrogens is 3. The Balaban J connectivity index is 1.47. The van der Waals surface area contributed by atoms with Crippen LogP contribution in [0, 0.1) is 0 Å². The van der Waals surface area contributed by atoms with Gasteiger partial charge in [-0.3, -0.25) is 14.5 Å². The molecule has 7 heteroatoms. The number of benzene rings is 1. The molecule has 25 heavy (non-hydrogen) atoms. The third-order valence-corrected chi connectivity index (χ3v) is 3.75. The van der Waals surface area contributed by atoms with Gasteiger partial charge in [0.05, 0.1) is 11.9 Å². The Hall–Kier alpha value is -2.86. The van der Waals surface area contributed by atoms with Crippen molar-refractivity contribution in [2.75, 3.05) is 6.61 Å². The van der Waals surface area contributed by atoms with E-state index in [0.29, 0.717) is 17.3 Å². The number of ether oxygens (including phenoxy) is 1. The van der Waals surface area contributed by atoms with Crippen LogP contribution < -0.4 is 10.1 Å². The molecule has 0 aliphatic heterocycles. The fourth-order valence-electron chi connectivity index (χ4n) is 2.18. The average Bonchev–Trinajstić information content (AvgIpc) is 3.06. The van der Waals surface area contributed by atoms with Crippen molar-refractivity contribution >= 4 is 17.5 Å². The lowest BCUT2D eigenvalue weighted by molar-refractivity contribution is -0.123. The maximum atomic E-state index is 11.9. The van der Waals surface area contributed by atoms with Crippen LogP contribution in [-0.4, -0.2) is 27.3 Å². The zero-order valence-electron chi connectivity index (χ0n) is 13.6. The molecule has 0 radical (unpaired) electrons. The third kappa shape index (κ3) is 4.81. The third-order valence-electron chi connectivity index (χ3n) is 3.50. The van der Waals surface area contributed by atoms with E-state index in [4.69, 9.17) is 16.3 Å². The molecular weight excluding hydrogens is 340 g/mol. The van der Waals surface area contributed by atoms with Crippen molar-refractivity contribution in [2.24, 2.45) is 7.05 Å². The first-order chi connectivity index (χ1) is 12.1. The van der Waals surface area contributed by atoms with Crippen molar-refractivity contribution in [1.29, 1.82) is 0 Å². The zero-order valence-corrected chi connectivity index (χ0v) is 14.4. The number of amides is 1. The Bertz CT molecular complexity index is 844. The first-order valence-electron chi connectivity index (χ1n) is 7.69. The maximum absolute atomic E-state index is 11.9. The van der Waals surface area contributed by atoms with E-state index in [9.17, 15) is 4.79 Å². The zero-order chi connectivity index (χ0) is 17.6. The van der Waals surface area contributed by atoms with Crippen LogP contribution in [0.25, 0.3) is 11.3 Å². The Kier molecular flexibility index (Phi) is 5.30. The van der Waals surface area contributed by atoms with Gasteiger partial charge in [-0.05, 0) is 35.9 Å². The predicted molar refractivity (Wildman–Crippen MR) is 95.2 cm³/mol. The second kappa shape index (κ2) is 7.81. The smallest absolute Gasteiger partial charge is 0.258 e. The van der Waals surface area contributed by atoms with E-state index in [1.807, 2.05) is 25.4 Å². The van der Waals surface area contributed by atoms with Gasteiger partial charge >= 0.3 is 0 Å². The summed E-state index contributed by atoms with van der Waals surface area (Å²) in [5.41, 5.74) is 2.70. The van der Waals surface area contributed by atoms with Crippen molar-refractivity contribution in [3.05, 3.63) is 65.6 Å². The Morgan fingerprint density at radius 3 is 2.64 bits per heavy atom. The van der Waals surface area contributed by atoms with Gasteiger partial charge in [-0.2, -0.15) is 5.10 Å². The summed E-state index contributed by atoms with van der Waals surface area (Å²) in [4.78, 5) is 16.2. The number of hydrogen-bond donors (Lipinski definition) is 1. The number of carbonyl (C=O) groups excluding carboxylic acids is 1. The van der Waals surface area contributed by atoms with Crippen LogP contribution in [-0.2, 0) is 18.4 Å². The summed E-state index contributed by atoms with van der Waals surface area (Å²) < 4.78 is 7.12. The number of pyridine rings is 1. The van der Waals surface area contributed by atoms with E-state index in [0.717, 1.165) is 16.8 Å². The fraction of sp³-hybridized carbons (Fsp3) is 0.167. The molecule has 0 atom stereocenters. The molecule has 6 nitrogen and oxygen atoms in total. The van der Waals surface area contributed by atoms with E-state index in [1.165, 1.54) is 0 Å². The maximum Gasteiger partial charge on any atom is 0.258 e. The van der Waals surface area contributed by atoms with E-state index < -0.39 is 0 Å². The van der Waals surface area contributed by atoms with E-state index >= 15 is 0 Å². The summed E-state index contributed by atoms with van der Waals surface area (Å²) in [6.45, 7) is 0.339. The lowest BCUT2D eigenvalue weighted by Gasteiger charge is -2.08. The van der Waals surface area contributed by atoms with Crippen molar-refractivity contribution in [2.45, 2.75) is 6.54 Å². The van der Waals surface area contributed by atoms with Crippen LogP contribution in [0.3, 0.4) is 0 Å². The predicted octanol–water partition coefficient (Wildman–Crippen LogP) is 2.83. The number of aryl methyl sites for hydroxylation is 1. The van der Waals surface area contributed by atoms with Crippen LogP contribution in [0.4, 0.5) is 0 Å². The number of hydrogen-bond acceptors (Lipinski definition) is 4.